The van der Waals surface area contributed by atoms with Crippen LogP contribution < -0.4 is 4.72 Å². The molecule has 4 aliphatic rings. The number of hydrogen-bond acceptors (Lipinski definition) is 3. The first-order chi connectivity index (χ1) is 13.5. The number of halogens is 1. The molecule has 5 nitrogen and oxygen atoms in total. The number of likely N-dealkylation sites (N-methyl/N-ethyl adjacent to an activating group) is 1. The van der Waals surface area contributed by atoms with Crippen molar-refractivity contribution in [2.24, 2.45) is 23.7 Å². The van der Waals surface area contributed by atoms with Gasteiger partial charge in [-0.05, 0) is 87.3 Å². The Kier molecular flexibility index (Phi) is 5.50. The van der Waals surface area contributed by atoms with Crippen LogP contribution in [0.4, 0.5) is 0 Å². The highest BCUT2D eigenvalue weighted by atomic mass is 35.5. The van der Waals surface area contributed by atoms with E-state index in [0.29, 0.717) is 22.4 Å². The van der Waals surface area contributed by atoms with Crippen LogP contribution in [0.15, 0.2) is 24.3 Å². The summed E-state index contributed by atoms with van der Waals surface area (Å²) in [5.41, 5.74) is -0.547. The molecule has 0 heterocycles. The fourth-order valence-electron chi connectivity index (χ4n) is 6.37. The van der Waals surface area contributed by atoms with E-state index in [4.69, 9.17) is 11.6 Å². The van der Waals surface area contributed by atoms with E-state index in [1.807, 2.05) is 11.9 Å². The molecule has 4 saturated carbocycles. The Morgan fingerprint density at radius 2 is 1.59 bits per heavy atom. The SMILES string of the molecule is CN(C(=O)C(C)(C)NS(=O)(=O)Cc1ccc(Cl)cc1)C1C2CC3CC(C2)CC1C3. The maximum atomic E-state index is 13.3. The lowest BCUT2D eigenvalue weighted by atomic mass is 9.54. The van der Waals surface area contributed by atoms with Gasteiger partial charge in [0.05, 0.1) is 5.75 Å². The van der Waals surface area contributed by atoms with E-state index in [1.54, 1.807) is 38.1 Å². The van der Waals surface area contributed by atoms with Gasteiger partial charge in [-0.2, -0.15) is 4.72 Å². The van der Waals surface area contributed by atoms with Crippen molar-refractivity contribution in [1.29, 1.82) is 0 Å². The molecular formula is C22H31ClN2O3S. The summed E-state index contributed by atoms with van der Waals surface area (Å²) in [6, 6.07) is 6.97. The number of nitrogens with one attached hydrogen (secondary N) is 1. The molecule has 1 N–H and O–H groups in total. The van der Waals surface area contributed by atoms with Crippen molar-refractivity contribution in [3.05, 3.63) is 34.9 Å². The van der Waals surface area contributed by atoms with Crippen LogP contribution in [0.5, 0.6) is 0 Å². The number of amides is 1. The maximum absolute atomic E-state index is 13.3. The minimum Gasteiger partial charge on any atom is -0.341 e. The minimum atomic E-state index is -3.68. The number of rotatable bonds is 6. The van der Waals surface area contributed by atoms with Gasteiger partial charge in [0.15, 0.2) is 0 Å². The molecule has 7 heteroatoms. The van der Waals surface area contributed by atoms with Crippen LogP contribution in [0.3, 0.4) is 0 Å². The summed E-state index contributed by atoms with van der Waals surface area (Å²) in [5.74, 6) is 2.49. The molecule has 0 aromatic heterocycles. The molecule has 1 aromatic carbocycles. The predicted octanol–water partition coefficient (Wildman–Crippen LogP) is 3.82. The Hall–Kier alpha value is -1.11. The number of carbonyl (C=O) groups is 1. The van der Waals surface area contributed by atoms with Gasteiger partial charge in [-0.1, -0.05) is 23.7 Å². The molecule has 4 fully saturated rings. The summed E-state index contributed by atoms with van der Waals surface area (Å²) in [4.78, 5) is 15.2. The zero-order chi connectivity index (χ0) is 21.0. The second-order valence-corrected chi connectivity index (χ2v) is 12.1. The molecule has 0 saturated heterocycles. The van der Waals surface area contributed by atoms with Crippen molar-refractivity contribution < 1.29 is 13.2 Å². The molecule has 0 aliphatic heterocycles. The number of hydrogen-bond donors (Lipinski definition) is 1. The van der Waals surface area contributed by atoms with Gasteiger partial charge >= 0.3 is 0 Å². The van der Waals surface area contributed by atoms with Gasteiger partial charge in [0.1, 0.15) is 5.54 Å². The first kappa shape index (κ1) is 21.1. The topological polar surface area (TPSA) is 66.5 Å². The molecule has 0 unspecified atom stereocenters. The zero-order valence-electron chi connectivity index (χ0n) is 17.4. The molecule has 4 aliphatic carbocycles. The molecule has 5 rings (SSSR count). The van der Waals surface area contributed by atoms with Crippen LogP contribution in [0.25, 0.3) is 0 Å². The standard InChI is InChI=1S/C22H31ClN2O3S/c1-22(2,24-29(27,28)13-14-4-6-19(23)7-5-14)21(26)25(3)20-17-9-15-8-16(11-17)12-18(20)10-15/h4-7,15-18,20,24H,8-13H2,1-3H3. The van der Waals surface area contributed by atoms with Crippen molar-refractivity contribution >= 4 is 27.5 Å². The highest BCUT2D eigenvalue weighted by molar-refractivity contribution is 7.88. The normalized spacial score (nSPS) is 31.1. The maximum Gasteiger partial charge on any atom is 0.243 e. The summed E-state index contributed by atoms with van der Waals surface area (Å²) in [6.45, 7) is 3.34. The van der Waals surface area contributed by atoms with Gasteiger partial charge in [-0.25, -0.2) is 8.42 Å². The quantitative estimate of drug-likeness (QED) is 0.734. The number of carbonyl (C=O) groups excluding carboxylic acids is 1. The van der Waals surface area contributed by atoms with E-state index in [1.165, 1.54) is 32.1 Å². The first-order valence-electron chi connectivity index (χ1n) is 10.6. The Balaban J connectivity index is 1.45. The van der Waals surface area contributed by atoms with Crippen molar-refractivity contribution in [3.63, 3.8) is 0 Å². The van der Waals surface area contributed by atoms with Gasteiger partial charge in [-0.15, -0.1) is 0 Å². The van der Waals surface area contributed by atoms with Crippen LogP contribution in [-0.2, 0) is 20.6 Å². The lowest BCUT2D eigenvalue weighted by Gasteiger charge is -2.57. The average molecular weight is 439 g/mol. The second kappa shape index (κ2) is 7.54. The van der Waals surface area contributed by atoms with Gasteiger partial charge in [0, 0.05) is 18.1 Å². The lowest BCUT2D eigenvalue weighted by Crippen LogP contribution is -2.62. The smallest absolute Gasteiger partial charge is 0.243 e. The second-order valence-electron chi connectivity index (χ2n) is 9.95. The monoisotopic (exact) mass is 438 g/mol. The van der Waals surface area contributed by atoms with Crippen molar-refractivity contribution in [2.45, 2.75) is 63.3 Å². The molecule has 0 spiro atoms. The highest BCUT2D eigenvalue weighted by Crippen LogP contribution is 2.55. The fraction of sp³-hybridized carbons (Fsp3) is 0.682. The Bertz CT molecular complexity index is 854. The minimum absolute atomic E-state index is 0.144. The highest BCUT2D eigenvalue weighted by Gasteiger charge is 2.51. The van der Waals surface area contributed by atoms with Crippen LogP contribution in [-0.4, -0.2) is 37.9 Å². The molecule has 4 bridgehead atoms. The molecule has 160 valence electrons. The van der Waals surface area contributed by atoms with Crippen LogP contribution in [0.1, 0.15) is 51.5 Å². The molecule has 29 heavy (non-hydrogen) atoms. The van der Waals surface area contributed by atoms with Crippen LogP contribution in [0.2, 0.25) is 5.02 Å². The molecule has 1 aromatic rings. The fourth-order valence-corrected chi connectivity index (χ4v) is 8.07. The number of nitrogens with zero attached hydrogens (tertiary/aromatic N) is 1. The summed E-state index contributed by atoms with van der Waals surface area (Å²) < 4.78 is 28.1. The summed E-state index contributed by atoms with van der Waals surface area (Å²) >= 11 is 5.88. The summed E-state index contributed by atoms with van der Waals surface area (Å²) in [6.07, 6.45) is 6.25. The van der Waals surface area contributed by atoms with Gasteiger partial charge in [-0.3, -0.25) is 4.79 Å². The van der Waals surface area contributed by atoms with Crippen molar-refractivity contribution in [3.8, 4) is 0 Å². The summed E-state index contributed by atoms with van der Waals surface area (Å²) in [7, 11) is -1.81. The van der Waals surface area contributed by atoms with Gasteiger partial charge < -0.3 is 4.90 Å². The average Bonchev–Trinajstić information content (AvgIpc) is 2.60. The van der Waals surface area contributed by atoms with E-state index in [0.717, 1.165) is 11.8 Å². The Morgan fingerprint density at radius 1 is 1.07 bits per heavy atom. The van der Waals surface area contributed by atoms with E-state index in [9.17, 15) is 13.2 Å². The predicted molar refractivity (Wildman–Crippen MR) is 115 cm³/mol. The largest absolute Gasteiger partial charge is 0.341 e. The van der Waals surface area contributed by atoms with Crippen molar-refractivity contribution in [2.75, 3.05) is 7.05 Å². The third kappa shape index (κ3) is 4.35. The third-order valence-corrected chi connectivity index (χ3v) is 8.95. The zero-order valence-corrected chi connectivity index (χ0v) is 19.0. The Morgan fingerprint density at radius 3 is 2.10 bits per heavy atom. The van der Waals surface area contributed by atoms with Crippen LogP contribution in [0, 0.1) is 23.7 Å². The molecule has 0 radical (unpaired) electrons. The number of benzene rings is 1. The van der Waals surface area contributed by atoms with E-state index in [2.05, 4.69) is 4.72 Å². The van der Waals surface area contributed by atoms with Gasteiger partial charge in [0.25, 0.3) is 0 Å². The molecule has 0 atom stereocenters. The summed E-state index contributed by atoms with van der Waals surface area (Å²) in [5, 5.41) is 0.562. The first-order valence-corrected chi connectivity index (χ1v) is 12.6. The van der Waals surface area contributed by atoms with E-state index >= 15 is 0 Å². The lowest BCUT2D eigenvalue weighted by molar-refractivity contribution is -0.146. The molecular weight excluding hydrogens is 408 g/mol. The van der Waals surface area contributed by atoms with E-state index in [-0.39, 0.29) is 17.7 Å². The van der Waals surface area contributed by atoms with E-state index < -0.39 is 15.6 Å². The number of sulfonamides is 1. The Labute approximate surface area is 179 Å². The van der Waals surface area contributed by atoms with Gasteiger partial charge in [0.2, 0.25) is 15.9 Å². The third-order valence-electron chi connectivity index (χ3n) is 7.16. The molecule has 1 amide bonds. The van der Waals surface area contributed by atoms with Crippen molar-refractivity contribution in [1.82, 2.24) is 9.62 Å². The van der Waals surface area contributed by atoms with Crippen LogP contribution >= 0.6 is 11.6 Å².